The largest absolute Gasteiger partial charge is 0.436 e. The lowest BCUT2D eigenvalue weighted by Gasteiger charge is -2.17. The number of nitrogens with two attached hydrogens (primary N) is 1. The zero-order chi connectivity index (χ0) is 30.0. The number of thiophene rings is 1. The number of pyridine rings is 1. The Morgan fingerprint density at radius 1 is 1.24 bits per heavy atom. The first-order valence-corrected chi connectivity index (χ1v) is 13.7. The summed E-state index contributed by atoms with van der Waals surface area (Å²) in [4.78, 5) is 29.8. The van der Waals surface area contributed by atoms with Crippen LogP contribution >= 0.6 is 22.9 Å². The SMILES string of the molecule is CCn1cc(-c2cc(C(F)F)nc3sc(C(N)=O)c(NC(=O)C(C)n4nc(C(F)(F)F)c(Cl)c4C4CC4)c23)c(C)n1. The van der Waals surface area contributed by atoms with E-state index in [-0.39, 0.29) is 38.0 Å². The second kappa shape index (κ2) is 10.4. The molecule has 4 aromatic heterocycles. The Morgan fingerprint density at radius 3 is 2.46 bits per heavy atom. The van der Waals surface area contributed by atoms with Gasteiger partial charge in [0.25, 0.3) is 12.3 Å². The van der Waals surface area contributed by atoms with Gasteiger partial charge in [-0.05, 0) is 45.2 Å². The Kier molecular flexibility index (Phi) is 7.30. The van der Waals surface area contributed by atoms with Crippen LogP contribution in [0.4, 0.5) is 27.6 Å². The van der Waals surface area contributed by atoms with E-state index in [1.807, 2.05) is 6.92 Å². The second-order valence-corrected chi connectivity index (χ2v) is 11.0. The zero-order valence-electron chi connectivity index (χ0n) is 21.8. The molecule has 2 amide bonds. The van der Waals surface area contributed by atoms with Crippen LogP contribution in [-0.4, -0.2) is 36.4 Å². The highest BCUT2D eigenvalue weighted by Gasteiger charge is 2.43. The third-order valence-electron chi connectivity index (χ3n) is 6.80. The standard InChI is InChI=1S/C25H23ClF5N7O2S/c1-4-37-8-13(9(2)35-37)12-7-14(21(27)28)33-24-15(12)17(19(41-24)22(32)39)34-23(40)10(3)38-18(11-5-6-11)16(26)20(36-38)25(29,30)31/h7-8,10-11,21H,4-6H2,1-3H3,(H2,32,39)(H,34,40). The summed E-state index contributed by atoms with van der Waals surface area (Å²) in [6.07, 6.45) is -4.96. The highest BCUT2D eigenvalue weighted by Crippen LogP contribution is 2.48. The van der Waals surface area contributed by atoms with Crippen LogP contribution in [0.25, 0.3) is 21.3 Å². The van der Waals surface area contributed by atoms with E-state index in [0.717, 1.165) is 10.7 Å². The Balaban J connectivity index is 1.65. The highest BCUT2D eigenvalue weighted by molar-refractivity contribution is 7.21. The predicted octanol–water partition coefficient (Wildman–Crippen LogP) is 6.47. The van der Waals surface area contributed by atoms with Gasteiger partial charge in [-0.1, -0.05) is 11.6 Å². The summed E-state index contributed by atoms with van der Waals surface area (Å²) in [7, 11) is 0. The zero-order valence-corrected chi connectivity index (χ0v) is 23.4. The van der Waals surface area contributed by atoms with E-state index < -0.39 is 46.9 Å². The molecule has 218 valence electrons. The average Bonchev–Trinajstić information content (AvgIpc) is 3.41. The number of carbonyl (C=O) groups excluding carboxylic acids is 2. The van der Waals surface area contributed by atoms with E-state index >= 15 is 0 Å². The first-order chi connectivity index (χ1) is 19.2. The first-order valence-electron chi connectivity index (χ1n) is 12.5. The van der Waals surface area contributed by atoms with Gasteiger partial charge in [0.2, 0.25) is 5.91 Å². The number of hydrogen-bond acceptors (Lipinski definition) is 6. The number of halogens is 6. The average molecular weight is 616 g/mol. The van der Waals surface area contributed by atoms with E-state index in [9.17, 15) is 31.5 Å². The van der Waals surface area contributed by atoms with Crippen LogP contribution in [0.1, 0.15) is 77.5 Å². The van der Waals surface area contributed by atoms with Crippen molar-refractivity contribution in [2.24, 2.45) is 5.73 Å². The lowest BCUT2D eigenvalue weighted by Crippen LogP contribution is -2.27. The molecule has 0 spiro atoms. The van der Waals surface area contributed by atoms with Gasteiger partial charge in [0.15, 0.2) is 5.69 Å². The third kappa shape index (κ3) is 5.16. The number of alkyl halides is 5. The van der Waals surface area contributed by atoms with Gasteiger partial charge in [0.1, 0.15) is 21.4 Å². The number of hydrogen-bond donors (Lipinski definition) is 2. The van der Waals surface area contributed by atoms with Crippen LogP contribution in [0.5, 0.6) is 0 Å². The summed E-state index contributed by atoms with van der Waals surface area (Å²) in [6, 6.07) is -0.141. The number of nitrogens with one attached hydrogen (secondary N) is 1. The molecule has 0 bridgehead atoms. The molecule has 1 fully saturated rings. The van der Waals surface area contributed by atoms with Crippen molar-refractivity contribution in [2.75, 3.05) is 5.32 Å². The molecular weight excluding hydrogens is 593 g/mol. The maximum absolute atomic E-state index is 13.8. The molecule has 4 aromatic rings. The molecule has 16 heteroatoms. The summed E-state index contributed by atoms with van der Waals surface area (Å²) in [5.41, 5.74) is 4.93. The van der Waals surface area contributed by atoms with E-state index in [1.54, 1.807) is 17.8 Å². The molecule has 3 N–H and O–H groups in total. The van der Waals surface area contributed by atoms with Gasteiger partial charge < -0.3 is 11.1 Å². The number of aryl methyl sites for hydroxylation is 2. The molecule has 1 aliphatic rings. The maximum atomic E-state index is 13.8. The van der Waals surface area contributed by atoms with Crippen LogP contribution in [-0.2, 0) is 17.5 Å². The molecule has 1 atom stereocenters. The number of nitrogens with zero attached hydrogens (tertiary/aromatic N) is 5. The van der Waals surface area contributed by atoms with E-state index in [2.05, 4.69) is 20.5 Å². The Bertz CT molecular complexity index is 1690. The predicted molar refractivity (Wildman–Crippen MR) is 142 cm³/mol. The normalized spacial score (nSPS) is 14.7. The van der Waals surface area contributed by atoms with Crippen LogP contribution in [0.15, 0.2) is 12.3 Å². The molecule has 5 rings (SSSR count). The fourth-order valence-corrected chi connectivity index (χ4v) is 6.04. The summed E-state index contributed by atoms with van der Waals surface area (Å²) < 4.78 is 70.9. The Morgan fingerprint density at radius 2 is 1.93 bits per heavy atom. The summed E-state index contributed by atoms with van der Waals surface area (Å²) in [6.45, 7) is 5.35. The van der Waals surface area contributed by atoms with Crippen molar-refractivity contribution in [3.05, 3.63) is 44.9 Å². The fourth-order valence-electron chi connectivity index (χ4n) is 4.64. The number of aromatic nitrogens is 5. The van der Waals surface area contributed by atoms with Crippen molar-refractivity contribution in [1.29, 1.82) is 0 Å². The summed E-state index contributed by atoms with van der Waals surface area (Å²) in [5.74, 6) is -2.07. The van der Waals surface area contributed by atoms with Gasteiger partial charge in [-0.2, -0.15) is 23.4 Å². The minimum atomic E-state index is -4.84. The number of amides is 2. The van der Waals surface area contributed by atoms with Crippen LogP contribution in [0.2, 0.25) is 5.02 Å². The van der Waals surface area contributed by atoms with Crippen molar-refractivity contribution in [3.63, 3.8) is 0 Å². The number of primary amides is 1. The number of rotatable bonds is 8. The topological polar surface area (TPSA) is 121 Å². The molecule has 1 saturated carbocycles. The molecule has 0 saturated heterocycles. The quantitative estimate of drug-likeness (QED) is 0.220. The van der Waals surface area contributed by atoms with Crippen LogP contribution in [0, 0.1) is 6.92 Å². The van der Waals surface area contributed by atoms with Crippen molar-refractivity contribution in [1.82, 2.24) is 24.5 Å². The minimum Gasteiger partial charge on any atom is -0.365 e. The number of fused-ring (bicyclic) bond motifs is 1. The Labute approximate surface area is 238 Å². The fraction of sp³-hybridized carbons (Fsp3) is 0.400. The molecule has 0 aliphatic heterocycles. The molecule has 9 nitrogen and oxygen atoms in total. The van der Waals surface area contributed by atoms with E-state index in [4.69, 9.17) is 17.3 Å². The van der Waals surface area contributed by atoms with Gasteiger partial charge in [0.05, 0.1) is 22.1 Å². The lowest BCUT2D eigenvalue weighted by molar-refractivity contribution is -0.141. The van der Waals surface area contributed by atoms with Gasteiger partial charge in [-0.3, -0.25) is 19.0 Å². The molecule has 0 aromatic carbocycles. The van der Waals surface area contributed by atoms with Crippen molar-refractivity contribution in [3.8, 4) is 11.1 Å². The summed E-state index contributed by atoms with van der Waals surface area (Å²) >= 11 is 6.79. The molecule has 0 radical (unpaired) electrons. The van der Waals surface area contributed by atoms with Crippen LogP contribution < -0.4 is 11.1 Å². The van der Waals surface area contributed by atoms with E-state index in [0.29, 0.717) is 42.0 Å². The van der Waals surface area contributed by atoms with Gasteiger partial charge in [0, 0.05) is 29.6 Å². The second-order valence-electron chi connectivity index (χ2n) is 9.66. The maximum Gasteiger partial charge on any atom is 0.436 e. The monoisotopic (exact) mass is 615 g/mol. The van der Waals surface area contributed by atoms with E-state index in [1.165, 1.54) is 6.92 Å². The molecule has 4 heterocycles. The number of anilines is 1. The van der Waals surface area contributed by atoms with Gasteiger partial charge in [-0.25, -0.2) is 13.8 Å². The van der Waals surface area contributed by atoms with Crippen LogP contribution in [0.3, 0.4) is 0 Å². The summed E-state index contributed by atoms with van der Waals surface area (Å²) in [5, 5.41) is 10.2. The number of carbonyl (C=O) groups is 2. The first kappa shape index (κ1) is 28.9. The molecule has 1 unspecified atom stereocenters. The molecular formula is C25H23ClF5N7O2S. The van der Waals surface area contributed by atoms with Gasteiger partial charge in [-0.15, -0.1) is 11.3 Å². The van der Waals surface area contributed by atoms with Crippen molar-refractivity contribution >= 4 is 50.7 Å². The molecule has 41 heavy (non-hydrogen) atoms. The van der Waals surface area contributed by atoms with Crippen molar-refractivity contribution < 1.29 is 31.5 Å². The van der Waals surface area contributed by atoms with Crippen molar-refractivity contribution in [2.45, 2.75) is 64.7 Å². The highest BCUT2D eigenvalue weighted by atomic mass is 35.5. The Hall–Kier alpha value is -3.59. The smallest absolute Gasteiger partial charge is 0.365 e. The van der Waals surface area contributed by atoms with Gasteiger partial charge >= 0.3 is 6.18 Å². The third-order valence-corrected chi connectivity index (χ3v) is 8.27. The minimum absolute atomic E-state index is 0.0124. The lowest BCUT2D eigenvalue weighted by atomic mass is 10.0. The molecule has 1 aliphatic carbocycles.